The third-order valence-corrected chi connectivity index (χ3v) is 3.94. The van der Waals surface area contributed by atoms with Crippen LogP contribution in [0.4, 0.5) is 0 Å². The van der Waals surface area contributed by atoms with E-state index in [-0.39, 0.29) is 24.0 Å². The van der Waals surface area contributed by atoms with Crippen LogP contribution in [-0.2, 0) is 11.3 Å². The van der Waals surface area contributed by atoms with Gasteiger partial charge in [0.2, 0.25) is 0 Å². The monoisotopic (exact) mass is 433 g/mol. The lowest BCUT2D eigenvalue weighted by molar-refractivity contribution is 0.0263. The number of nitrogens with zero attached hydrogens (tertiary/aromatic N) is 2. The van der Waals surface area contributed by atoms with Crippen molar-refractivity contribution in [3.05, 3.63) is 29.8 Å². The average Bonchev–Trinajstić information content (AvgIpc) is 2.57. The van der Waals surface area contributed by atoms with Crippen molar-refractivity contribution in [3.8, 4) is 5.75 Å². The molecule has 0 unspecified atom stereocenters. The molecule has 0 saturated carbocycles. The summed E-state index contributed by atoms with van der Waals surface area (Å²) in [4.78, 5) is 6.70. The fourth-order valence-corrected chi connectivity index (χ4v) is 2.77. The largest absolute Gasteiger partial charge is 0.497 e. The quantitative estimate of drug-likeness (QED) is 0.441. The average molecular weight is 433 g/mol. The molecule has 1 heterocycles. The van der Waals surface area contributed by atoms with Crippen LogP contribution in [0.5, 0.6) is 5.75 Å². The van der Waals surface area contributed by atoms with Crippen molar-refractivity contribution in [1.82, 2.24) is 10.2 Å². The summed E-state index contributed by atoms with van der Waals surface area (Å²) in [6.07, 6.45) is 2.53. The number of guanidine groups is 1. The van der Waals surface area contributed by atoms with Gasteiger partial charge in [-0.05, 0) is 37.5 Å². The number of hydrogen-bond donors (Lipinski definition) is 1. The van der Waals surface area contributed by atoms with Gasteiger partial charge in [0.15, 0.2) is 5.96 Å². The van der Waals surface area contributed by atoms with Gasteiger partial charge in [-0.15, -0.1) is 24.0 Å². The van der Waals surface area contributed by atoms with E-state index < -0.39 is 0 Å². The SMILES string of the molecule is CCOC1CCN(C(=NC)NCc2cccc(OC)c2)CC1.I. The lowest BCUT2D eigenvalue weighted by Gasteiger charge is -2.34. The summed E-state index contributed by atoms with van der Waals surface area (Å²) in [5, 5.41) is 3.43. The predicted octanol–water partition coefficient (Wildman–Crippen LogP) is 2.89. The van der Waals surface area contributed by atoms with Crippen LogP contribution >= 0.6 is 24.0 Å². The molecule has 23 heavy (non-hydrogen) atoms. The van der Waals surface area contributed by atoms with E-state index in [1.807, 2.05) is 25.2 Å². The van der Waals surface area contributed by atoms with Gasteiger partial charge in [-0.25, -0.2) is 0 Å². The third kappa shape index (κ3) is 6.18. The first-order valence-corrected chi connectivity index (χ1v) is 7.97. The Hall–Kier alpha value is -1.02. The third-order valence-electron chi connectivity index (χ3n) is 3.94. The first-order chi connectivity index (χ1) is 10.8. The molecule has 1 aromatic carbocycles. The number of likely N-dealkylation sites (tertiary alicyclic amines) is 1. The summed E-state index contributed by atoms with van der Waals surface area (Å²) >= 11 is 0. The molecule has 1 aliphatic rings. The van der Waals surface area contributed by atoms with Gasteiger partial charge in [-0.3, -0.25) is 4.99 Å². The summed E-state index contributed by atoms with van der Waals surface area (Å²) in [6, 6.07) is 8.09. The second-order valence-corrected chi connectivity index (χ2v) is 5.39. The molecule has 1 saturated heterocycles. The van der Waals surface area contributed by atoms with E-state index in [0.717, 1.165) is 50.8 Å². The molecule has 1 fully saturated rings. The standard InChI is InChI=1S/C17H27N3O2.HI/c1-4-22-15-8-10-20(11-9-15)17(18-2)19-13-14-6-5-7-16(12-14)21-3;/h5-7,12,15H,4,8-11,13H2,1-3H3,(H,18,19);1H. The fourth-order valence-electron chi connectivity index (χ4n) is 2.77. The second kappa shape index (κ2) is 10.7. The minimum atomic E-state index is 0. The molecule has 0 radical (unpaired) electrons. The molecule has 1 aliphatic heterocycles. The molecule has 0 amide bonds. The summed E-state index contributed by atoms with van der Waals surface area (Å²) in [7, 11) is 3.52. The Kier molecular flexibility index (Phi) is 9.31. The van der Waals surface area contributed by atoms with Crippen LogP contribution < -0.4 is 10.1 Å². The van der Waals surface area contributed by atoms with Crippen LogP contribution in [0, 0.1) is 0 Å². The van der Waals surface area contributed by atoms with Gasteiger partial charge in [0.05, 0.1) is 13.2 Å². The normalized spacial score (nSPS) is 16.0. The zero-order chi connectivity index (χ0) is 15.8. The Labute approximate surface area is 156 Å². The van der Waals surface area contributed by atoms with Crippen molar-refractivity contribution in [3.63, 3.8) is 0 Å². The summed E-state index contributed by atoms with van der Waals surface area (Å²) in [5.74, 6) is 1.84. The van der Waals surface area contributed by atoms with E-state index in [9.17, 15) is 0 Å². The highest BCUT2D eigenvalue weighted by Gasteiger charge is 2.21. The molecule has 0 aliphatic carbocycles. The number of methoxy groups -OCH3 is 1. The van der Waals surface area contributed by atoms with Gasteiger partial charge < -0.3 is 19.7 Å². The predicted molar refractivity (Wildman–Crippen MR) is 105 cm³/mol. The Bertz CT molecular complexity index is 488. The summed E-state index contributed by atoms with van der Waals surface area (Å²) < 4.78 is 11.0. The molecular weight excluding hydrogens is 405 g/mol. The van der Waals surface area contributed by atoms with Crippen molar-refractivity contribution in [2.24, 2.45) is 4.99 Å². The molecule has 0 atom stereocenters. The van der Waals surface area contributed by atoms with Crippen LogP contribution in [0.25, 0.3) is 0 Å². The van der Waals surface area contributed by atoms with Crippen LogP contribution in [-0.4, -0.2) is 50.8 Å². The highest BCUT2D eigenvalue weighted by atomic mass is 127. The van der Waals surface area contributed by atoms with Gasteiger partial charge in [-0.2, -0.15) is 0 Å². The number of benzene rings is 1. The minimum absolute atomic E-state index is 0. The van der Waals surface area contributed by atoms with E-state index >= 15 is 0 Å². The van der Waals surface area contributed by atoms with Gasteiger partial charge in [0.1, 0.15) is 5.75 Å². The van der Waals surface area contributed by atoms with E-state index in [2.05, 4.69) is 28.2 Å². The molecule has 2 rings (SSSR count). The maximum atomic E-state index is 5.70. The van der Waals surface area contributed by atoms with Crippen molar-refractivity contribution < 1.29 is 9.47 Å². The van der Waals surface area contributed by atoms with Crippen LogP contribution in [0.1, 0.15) is 25.3 Å². The Morgan fingerprint density at radius 3 is 2.70 bits per heavy atom. The molecule has 1 N–H and O–H groups in total. The second-order valence-electron chi connectivity index (χ2n) is 5.39. The van der Waals surface area contributed by atoms with Crippen molar-refractivity contribution in [1.29, 1.82) is 0 Å². The Balaban J connectivity index is 0.00000264. The number of nitrogens with one attached hydrogen (secondary N) is 1. The minimum Gasteiger partial charge on any atom is -0.497 e. The number of aliphatic imine (C=N–C) groups is 1. The van der Waals surface area contributed by atoms with Crippen LogP contribution in [0.2, 0.25) is 0 Å². The van der Waals surface area contributed by atoms with Gasteiger partial charge >= 0.3 is 0 Å². The van der Waals surface area contributed by atoms with Crippen LogP contribution in [0.15, 0.2) is 29.3 Å². The Morgan fingerprint density at radius 1 is 1.35 bits per heavy atom. The number of halogens is 1. The van der Waals surface area contributed by atoms with Gasteiger partial charge in [0.25, 0.3) is 0 Å². The Morgan fingerprint density at radius 2 is 2.09 bits per heavy atom. The molecule has 130 valence electrons. The molecule has 0 aromatic heterocycles. The fraction of sp³-hybridized carbons (Fsp3) is 0.588. The first-order valence-electron chi connectivity index (χ1n) is 7.97. The number of ether oxygens (including phenoxy) is 2. The van der Waals surface area contributed by atoms with E-state index in [1.165, 1.54) is 5.56 Å². The van der Waals surface area contributed by atoms with Crippen molar-refractivity contribution >= 4 is 29.9 Å². The molecule has 0 spiro atoms. The zero-order valence-electron chi connectivity index (χ0n) is 14.2. The van der Waals surface area contributed by atoms with E-state index in [0.29, 0.717) is 6.10 Å². The molecule has 0 bridgehead atoms. The van der Waals surface area contributed by atoms with Gasteiger partial charge in [0, 0.05) is 33.3 Å². The zero-order valence-corrected chi connectivity index (χ0v) is 16.6. The smallest absolute Gasteiger partial charge is 0.193 e. The van der Waals surface area contributed by atoms with Crippen molar-refractivity contribution in [2.45, 2.75) is 32.4 Å². The van der Waals surface area contributed by atoms with E-state index in [1.54, 1.807) is 7.11 Å². The number of rotatable bonds is 5. The highest BCUT2D eigenvalue weighted by molar-refractivity contribution is 14.0. The lowest BCUT2D eigenvalue weighted by atomic mass is 10.1. The lowest BCUT2D eigenvalue weighted by Crippen LogP contribution is -2.46. The molecular formula is C17H28IN3O2. The summed E-state index contributed by atoms with van der Waals surface area (Å²) in [5.41, 5.74) is 1.18. The van der Waals surface area contributed by atoms with Gasteiger partial charge in [-0.1, -0.05) is 12.1 Å². The molecule has 5 nitrogen and oxygen atoms in total. The topological polar surface area (TPSA) is 46.1 Å². The maximum absolute atomic E-state index is 5.70. The van der Waals surface area contributed by atoms with E-state index in [4.69, 9.17) is 9.47 Å². The van der Waals surface area contributed by atoms with Crippen LogP contribution in [0.3, 0.4) is 0 Å². The highest BCUT2D eigenvalue weighted by Crippen LogP contribution is 2.15. The first kappa shape index (κ1) is 20.0. The summed E-state index contributed by atoms with van der Waals surface area (Å²) in [6.45, 7) is 5.58. The number of piperidine rings is 1. The van der Waals surface area contributed by atoms with Crippen molar-refractivity contribution in [2.75, 3.05) is 33.9 Å². The molecule has 6 heteroatoms. The maximum Gasteiger partial charge on any atom is 0.193 e. The number of hydrogen-bond acceptors (Lipinski definition) is 3. The molecule has 1 aromatic rings.